The molecular formula is C19H18FN5OS. The van der Waals surface area contributed by atoms with E-state index in [9.17, 15) is 9.18 Å². The van der Waals surface area contributed by atoms with Crippen molar-refractivity contribution in [3.63, 3.8) is 0 Å². The van der Waals surface area contributed by atoms with Crippen LogP contribution in [0, 0.1) is 5.82 Å². The van der Waals surface area contributed by atoms with Gasteiger partial charge >= 0.3 is 0 Å². The first kappa shape index (κ1) is 17.4. The molecule has 2 aromatic heterocycles. The molecule has 1 amide bonds. The summed E-state index contributed by atoms with van der Waals surface area (Å²) < 4.78 is 13.9. The molecule has 4 rings (SSSR count). The van der Waals surface area contributed by atoms with Crippen LogP contribution in [0.3, 0.4) is 0 Å². The van der Waals surface area contributed by atoms with E-state index in [1.807, 2.05) is 23.1 Å². The molecule has 1 aliphatic rings. The molecule has 3 heterocycles. The normalized spacial score (nSPS) is 14.3. The van der Waals surface area contributed by atoms with Crippen molar-refractivity contribution in [1.29, 1.82) is 0 Å². The van der Waals surface area contributed by atoms with Gasteiger partial charge in [-0.1, -0.05) is 12.1 Å². The fourth-order valence-electron chi connectivity index (χ4n) is 3.01. The van der Waals surface area contributed by atoms with Gasteiger partial charge in [0.15, 0.2) is 5.13 Å². The quantitative estimate of drug-likeness (QED) is 0.748. The van der Waals surface area contributed by atoms with E-state index in [2.05, 4.69) is 15.3 Å². The van der Waals surface area contributed by atoms with Crippen molar-refractivity contribution < 1.29 is 9.18 Å². The molecule has 138 valence electrons. The smallest absolute Gasteiger partial charge is 0.273 e. The molecule has 1 N–H and O–H groups in total. The van der Waals surface area contributed by atoms with Gasteiger partial charge in [0.25, 0.3) is 5.91 Å². The number of thiazole rings is 1. The number of halogens is 1. The van der Waals surface area contributed by atoms with Gasteiger partial charge < -0.3 is 15.1 Å². The number of pyridine rings is 1. The van der Waals surface area contributed by atoms with Gasteiger partial charge in [0, 0.05) is 37.8 Å². The lowest BCUT2D eigenvalue weighted by atomic mass is 10.2. The van der Waals surface area contributed by atoms with E-state index in [0.29, 0.717) is 42.7 Å². The van der Waals surface area contributed by atoms with Crippen LogP contribution in [0.15, 0.2) is 54.2 Å². The van der Waals surface area contributed by atoms with E-state index < -0.39 is 0 Å². The fourth-order valence-corrected chi connectivity index (χ4v) is 3.71. The van der Waals surface area contributed by atoms with Crippen LogP contribution in [-0.4, -0.2) is 47.0 Å². The number of hydrogen-bond acceptors (Lipinski definition) is 6. The Morgan fingerprint density at radius 2 is 1.93 bits per heavy atom. The molecule has 0 unspecified atom stereocenters. The zero-order valence-electron chi connectivity index (χ0n) is 14.5. The summed E-state index contributed by atoms with van der Waals surface area (Å²) in [5, 5.41) is 5.54. The highest BCUT2D eigenvalue weighted by molar-refractivity contribution is 7.14. The first-order valence-electron chi connectivity index (χ1n) is 8.62. The molecule has 1 fully saturated rings. The van der Waals surface area contributed by atoms with Gasteiger partial charge in [-0.05, 0) is 24.3 Å². The summed E-state index contributed by atoms with van der Waals surface area (Å²) in [4.78, 5) is 24.9. The summed E-state index contributed by atoms with van der Waals surface area (Å²) in [6.07, 6.45) is 3.40. The summed E-state index contributed by atoms with van der Waals surface area (Å²) >= 11 is 1.38. The Morgan fingerprint density at radius 3 is 2.67 bits per heavy atom. The molecule has 27 heavy (non-hydrogen) atoms. The third-order valence-electron chi connectivity index (χ3n) is 4.40. The van der Waals surface area contributed by atoms with Crippen molar-refractivity contribution >= 4 is 33.8 Å². The van der Waals surface area contributed by atoms with Crippen molar-refractivity contribution in [2.75, 3.05) is 36.4 Å². The molecule has 8 heteroatoms. The number of para-hydroxylation sites is 1. The Hall–Kier alpha value is -3.00. The predicted octanol–water partition coefficient (Wildman–Crippen LogP) is 3.38. The minimum absolute atomic E-state index is 0.0985. The first-order valence-corrected chi connectivity index (χ1v) is 9.50. The number of amides is 1. The van der Waals surface area contributed by atoms with Gasteiger partial charge in [-0.15, -0.1) is 11.3 Å². The topological polar surface area (TPSA) is 61.4 Å². The average molecular weight is 383 g/mol. The van der Waals surface area contributed by atoms with Gasteiger partial charge in [0.1, 0.15) is 11.5 Å². The number of nitrogens with zero attached hydrogens (tertiary/aromatic N) is 4. The molecule has 0 radical (unpaired) electrons. The first-order chi connectivity index (χ1) is 13.2. The van der Waals surface area contributed by atoms with Gasteiger partial charge in [-0.3, -0.25) is 9.78 Å². The molecule has 1 saturated heterocycles. The number of piperazine rings is 1. The van der Waals surface area contributed by atoms with Crippen molar-refractivity contribution in [3.05, 3.63) is 65.7 Å². The third kappa shape index (κ3) is 3.90. The predicted molar refractivity (Wildman–Crippen MR) is 104 cm³/mol. The summed E-state index contributed by atoms with van der Waals surface area (Å²) in [5.74, 6) is -0.332. The Labute approximate surface area is 160 Å². The Balaban J connectivity index is 1.38. The Bertz CT molecular complexity index is 925. The summed E-state index contributed by atoms with van der Waals surface area (Å²) in [6.45, 7) is 2.27. The van der Waals surface area contributed by atoms with Crippen LogP contribution in [0.5, 0.6) is 0 Å². The van der Waals surface area contributed by atoms with Crippen LogP contribution in [0.1, 0.15) is 10.5 Å². The molecular weight excluding hydrogens is 365 g/mol. The van der Waals surface area contributed by atoms with Crippen LogP contribution >= 0.6 is 11.3 Å². The average Bonchev–Trinajstić information content (AvgIpc) is 3.17. The number of aromatic nitrogens is 2. The summed E-state index contributed by atoms with van der Waals surface area (Å²) in [6, 6.07) is 10.4. The number of nitrogens with one attached hydrogen (secondary N) is 1. The van der Waals surface area contributed by atoms with E-state index in [4.69, 9.17) is 0 Å². The SMILES string of the molecule is O=C(c1csc(Nc2cccnc2)n1)N1CCN(c2ccccc2F)CC1. The third-order valence-corrected chi connectivity index (χ3v) is 5.15. The van der Waals surface area contributed by atoms with Crippen LogP contribution < -0.4 is 10.2 Å². The van der Waals surface area contributed by atoms with Gasteiger partial charge in [0.2, 0.25) is 0 Å². The number of carbonyl (C=O) groups excluding carboxylic acids is 1. The zero-order chi connectivity index (χ0) is 18.6. The second kappa shape index (κ2) is 7.71. The number of hydrogen-bond donors (Lipinski definition) is 1. The van der Waals surface area contributed by atoms with E-state index >= 15 is 0 Å². The lowest BCUT2D eigenvalue weighted by molar-refractivity contribution is 0.0741. The van der Waals surface area contributed by atoms with Crippen molar-refractivity contribution in [3.8, 4) is 0 Å². The Kier molecular flexibility index (Phi) is 4.97. The van der Waals surface area contributed by atoms with Crippen LogP contribution in [0.25, 0.3) is 0 Å². The minimum Gasteiger partial charge on any atom is -0.366 e. The summed E-state index contributed by atoms with van der Waals surface area (Å²) in [7, 11) is 0. The second-order valence-corrected chi connectivity index (χ2v) is 6.99. The molecule has 0 saturated carbocycles. The highest BCUT2D eigenvalue weighted by Crippen LogP contribution is 2.23. The van der Waals surface area contributed by atoms with Gasteiger partial charge in [0.05, 0.1) is 17.6 Å². The molecule has 0 atom stereocenters. The maximum Gasteiger partial charge on any atom is 0.273 e. The molecule has 0 spiro atoms. The van der Waals surface area contributed by atoms with Crippen molar-refractivity contribution in [1.82, 2.24) is 14.9 Å². The monoisotopic (exact) mass is 383 g/mol. The molecule has 0 bridgehead atoms. The number of rotatable bonds is 4. The molecule has 0 aliphatic carbocycles. The highest BCUT2D eigenvalue weighted by atomic mass is 32.1. The molecule has 6 nitrogen and oxygen atoms in total. The largest absolute Gasteiger partial charge is 0.366 e. The van der Waals surface area contributed by atoms with Crippen LogP contribution in [0.2, 0.25) is 0 Å². The number of anilines is 3. The number of carbonyl (C=O) groups is 1. The molecule has 1 aromatic carbocycles. The highest BCUT2D eigenvalue weighted by Gasteiger charge is 2.25. The van der Waals surface area contributed by atoms with Crippen LogP contribution in [-0.2, 0) is 0 Å². The fraction of sp³-hybridized carbons (Fsp3) is 0.211. The lowest BCUT2D eigenvalue weighted by Crippen LogP contribution is -2.49. The van der Waals surface area contributed by atoms with E-state index in [-0.39, 0.29) is 11.7 Å². The van der Waals surface area contributed by atoms with Crippen molar-refractivity contribution in [2.24, 2.45) is 0 Å². The Morgan fingerprint density at radius 1 is 1.11 bits per heavy atom. The summed E-state index contributed by atoms with van der Waals surface area (Å²) in [5.41, 5.74) is 1.83. The van der Waals surface area contributed by atoms with Crippen LogP contribution in [0.4, 0.5) is 20.9 Å². The van der Waals surface area contributed by atoms with Crippen molar-refractivity contribution in [2.45, 2.75) is 0 Å². The maximum atomic E-state index is 13.9. The lowest BCUT2D eigenvalue weighted by Gasteiger charge is -2.35. The van der Waals surface area contributed by atoms with E-state index in [1.54, 1.807) is 34.8 Å². The van der Waals surface area contributed by atoms with E-state index in [1.165, 1.54) is 17.4 Å². The van der Waals surface area contributed by atoms with Gasteiger partial charge in [-0.2, -0.15) is 0 Å². The standard InChI is InChI=1S/C19H18FN5OS/c20-15-5-1-2-6-17(15)24-8-10-25(11-9-24)18(26)16-13-27-19(23-16)22-14-4-3-7-21-12-14/h1-7,12-13H,8-11H2,(H,22,23). The number of benzene rings is 1. The molecule has 3 aromatic rings. The second-order valence-electron chi connectivity index (χ2n) is 6.14. The zero-order valence-corrected chi connectivity index (χ0v) is 15.3. The van der Waals surface area contributed by atoms with Gasteiger partial charge in [-0.25, -0.2) is 9.37 Å². The minimum atomic E-state index is -0.233. The maximum absolute atomic E-state index is 13.9. The van der Waals surface area contributed by atoms with E-state index in [0.717, 1.165) is 5.69 Å². The molecule has 1 aliphatic heterocycles.